The minimum Gasteiger partial charge on any atom is -0.462 e. The summed E-state index contributed by atoms with van der Waals surface area (Å²) in [6, 6.07) is 0. The summed E-state index contributed by atoms with van der Waals surface area (Å²) in [7, 11) is 0. The molecule has 0 N–H and O–H groups in total. The fraction of sp³-hybridized carbons (Fsp3) is 0.717. The predicted octanol–water partition coefficient (Wildman–Crippen LogP) is 18.4. The molecule has 0 aliphatic heterocycles. The number of rotatable bonds is 49. The van der Waals surface area contributed by atoms with Gasteiger partial charge in [-0.2, -0.15) is 0 Å². The Morgan fingerprint density at radius 3 is 1.08 bits per heavy atom. The molecule has 0 bridgehead atoms. The van der Waals surface area contributed by atoms with Crippen molar-refractivity contribution in [2.75, 3.05) is 13.2 Å². The third-order valence-electron chi connectivity index (χ3n) is 11.7. The topological polar surface area (TPSA) is 78.9 Å². The van der Waals surface area contributed by atoms with E-state index in [1.165, 1.54) is 89.9 Å². The highest BCUT2D eigenvalue weighted by atomic mass is 16.6. The van der Waals surface area contributed by atoms with Gasteiger partial charge in [0.15, 0.2) is 6.10 Å². The Morgan fingerprint density at radius 2 is 0.652 bits per heavy atom. The lowest BCUT2D eigenvalue weighted by Gasteiger charge is -2.18. The molecule has 1 atom stereocenters. The summed E-state index contributed by atoms with van der Waals surface area (Å²) in [4.78, 5) is 38.1. The second-order valence-corrected chi connectivity index (χ2v) is 18.2. The Kier molecular flexibility index (Phi) is 51.4. The first-order chi connectivity index (χ1) is 32.5. The molecular weight excluding hydrogens is 817 g/mol. The second-order valence-electron chi connectivity index (χ2n) is 18.2. The van der Waals surface area contributed by atoms with Crippen molar-refractivity contribution in [3.05, 3.63) is 85.1 Å². The lowest BCUT2D eigenvalue weighted by atomic mass is 10.1. The summed E-state index contributed by atoms with van der Waals surface area (Å²) in [5.41, 5.74) is 0. The van der Waals surface area contributed by atoms with E-state index in [0.29, 0.717) is 19.3 Å². The van der Waals surface area contributed by atoms with E-state index in [1.54, 1.807) is 0 Å². The zero-order chi connectivity index (χ0) is 47.9. The van der Waals surface area contributed by atoms with Crippen LogP contribution in [0.2, 0.25) is 0 Å². The minimum absolute atomic E-state index is 0.0969. The van der Waals surface area contributed by atoms with Crippen molar-refractivity contribution in [2.24, 2.45) is 0 Å². The molecule has 0 fully saturated rings. The normalized spacial score (nSPS) is 12.7. The fourth-order valence-corrected chi connectivity index (χ4v) is 7.51. The van der Waals surface area contributed by atoms with Crippen molar-refractivity contribution in [2.45, 2.75) is 264 Å². The summed E-state index contributed by atoms with van der Waals surface area (Å²) >= 11 is 0. The largest absolute Gasteiger partial charge is 0.462 e. The Morgan fingerprint density at radius 1 is 0.333 bits per heavy atom. The van der Waals surface area contributed by atoms with Crippen LogP contribution in [0.25, 0.3) is 0 Å². The molecule has 0 aliphatic rings. The van der Waals surface area contributed by atoms with Crippen LogP contribution in [-0.4, -0.2) is 37.2 Å². The molecule has 378 valence electrons. The van der Waals surface area contributed by atoms with Crippen molar-refractivity contribution in [1.82, 2.24) is 0 Å². The number of allylic oxidation sites excluding steroid dienone is 14. The average molecular weight is 919 g/mol. The van der Waals surface area contributed by atoms with Gasteiger partial charge >= 0.3 is 17.9 Å². The zero-order valence-corrected chi connectivity index (χ0v) is 43.2. The molecule has 0 saturated heterocycles. The molecule has 0 amide bonds. The van der Waals surface area contributed by atoms with Crippen molar-refractivity contribution in [3.8, 4) is 0 Å². The van der Waals surface area contributed by atoms with Crippen LogP contribution in [-0.2, 0) is 28.6 Å². The molecule has 0 spiro atoms. The molecule has 6 heteroatoms. The van der Waals surface area contributed by atoms with Crippen molar-refractivity contribution in [1.29, 1.82) is 0 Å². The average Bonchev–Trinajstić information content (AvgIpc) is 3.31. The monoisotopic (exact) mass is 919 g/mol. The van der Waals surface area contributed by atoms with Gasteiger partial charge in [-0.15, -0.1) is 0 Å². The van der Waals surface area contributed by atoms with Crippen LogP contribution in [0.3, 0.4) is 0 Å². The van der Waals surface area contributed by atoms with E-state index in [-0.39, 0.29) is 31.1 Å². The van der Waals surface area contributed by atoms with Gasteiger partial charge in [0, 0.05) is 19.3 Å². The highest BCUT2D eigenvalue weighted by Crippen LogP contribution is 2.14. The Hall–Kier alpha value is -3.41. The molecule has 0 aliphatic carbocycles. The van der Waals surface area contributed by atoms with Gasteiger partial charge in [-0.25, -0.2) is 0 Å². The minimum atomic E-state index is -0.799. The molecule has 0 radical (unpaired) electrons. The van der Waals surface area contributed by atoms with E-state index in [0.717, 1.165) is 128 Å². The fourth-order valence-electron chi connectivity index (χ4n) is 7.51. The number of hydrogen-bond donors (Lipinski definition) is 0. The first-order valence-corrected chi connectivity index (χ1v) is 27.6. The SMILES string of the molecule is CC/C=C\C/C=C\C/C=C\CCCCCCCCC(=O)OC(COC(=O)CCCCC/C=C\CCCCCCCCC)COC(=O)CCCCCCC\C=C/C=C\C=C/CCCCCCC. The summed E-state index contributed by atoms with van der Waals surface area (Å²) in [6.45, 7) is 6.47. The molecular formula is C60H102O6. The molecule has 0 aromatic heterocycles. The van der Waals surface area contributed by atoms with Crippen molar-refractivity contribution in [3.63, 3.8) is 0 Å². The third kappa shape index (κ3) is 51.6. The van der Waals surface area contributed by atoms with E-state index < -0.39 is 6.10 Å². The highest BCUT2D eigenvalue weighted by molar-refractivity contribution is 5.71. The quantitative estimate of drug-likeness (QED) is 0.0199. The lowest BCUT2D eigenvalue weighted by Crippen LogP contribution is -2.30. The van der Waals surface area contributed by atoms with Crippen LogP contribution in [0.1, 0.15) is 258 Å². The van der Waals surface area contributed by atoms with Crippen molar-refractivity contribution >= 4 is 17.9 Å². The number of ether oxygens (including phenoxy) is 3. The highest BCUT2D eigenvalue weighted by Gasteiger charge is 2.19. The molecule has 0 heterocycles. The van der Waals surface area contributed by atoms with E-state index in [9.17, 15) is 14.4 Å². The molecule has 6 nitrogen and oxygen atoms in total. The van der Waals surface area contributed by atoms with E-state index in [1.807, 2.05) is 0 Å². The maximum Gasteiger partial charge on any atom is 0.306 e. The van der Waals surface area contributed by atoms with Gasteiger partial charge in [-0.3, -0.25) is 14.4 Å². The van der Waals surface area contributed by atoms with Crippen LogP contribution < -0.4 is 0 Å². The lowest BCUT2D eigenvalue weighted by molar-refractivity contribution is -0.167. The van der Waals surface area contributed by atoms with E-state index >= 15 is 0 Å². The molecule has 0 rings (SSSR count). The Bertz CT molecular complexity index is 1290. The summed E-state index contributed by atoms with van der Waals surface area (Å²) in [5, 5.41) is 0. The number of esters is 3. The first-order valence-electron chi connectivity index (χ1n) is 27.6. The molecule has 0 aromatic rings. The zero-order valence-electron chi connectivity index (χ0n) is 43.2. The van der Waals surface area contributed by atoms with Gasteiger partial charge in [-0.1, -0.05) is 221 Å². The van der Waals surface area contributed by atoms with Crippen LogP contribution in [0.5, 0.6) is 0 Å². The summed E-state index contributed by atoms with van der Waals surface area (Å²) in [5.74, 6) is -0.941. The second kappa shape index (κ2) is 54.2. The maximum absolute atomic E-state index is 12.8. The van der Waals surface area contributed by atoms with Crippen LogP contribution in [0, 0.1) is 0 Å². The third-order valence-corrected chi connectivity index (χ3v) is 11.7. The van der Waals surface area contributed by atoms with Crippen molar-refractivity contribution < 1.29 is 28.6 Å². The number of unbranched alkanes of at least 4 members (excludes halogenated alkanes) is 26. The van der Waals surface area contributed by atoms with Crippen LogP contribution >= 0.6 is 0 Å². The number of hydrogen-bond acceptors (Lipinski definition) is 6. The van der Waals surface area contributed by atoms with Gasteiger partial charge < -0.3 is 14.2 Å². The first kappa shape index (κ1) is 62.6. The number of carbonyl (C=O) groups excluding carboxylic acids is 3. The standard InChI is InChI=1S/C60H102O6/c1-4-7-10-13-16-19-22-25-28-30-31-33-35-38-41-44-47-50-53-59(62)65-56-57(55-64-58(61)52-49-46-43-40-37-34-27-24-21-18-15-12-9-6-3)66-60(63)54-51-48-45-42-39-36-32-29-26-23-20-17-14-11-8-5-2/h8,11,17,20,22,25-26,28-31,33-34,37,57H,4-7,9-10,12-16,18-19,21,23-24,27,32,35-36,38-56H2,1-3H3/b11-8-,20-17-,25-22-,29-26-,30-28-,33-31-,37-34-. The Balaban J connectivity index is 4.47. The Labute approximate surface area is 407 Å². The van der Waals surface area contributed by atoms with E-state index in [2.05, 4.69) is 106 Å². The molecule has 0 aromatic carbocycles. The van der Waals surface area contributed by atoms with Gasteiger partial charge in [0.25, 0.3) is 0 Å². The van der Waals surface area contributed by atoms with Gasteiger partial charge in [0.05, 0.1) is 0 Å². The summed E-state index contributed by atoms with van der Waals surface area (Å²) < 4.78 is 16.8. The summed E-state index contributed by atoms with van der Waals surface area (Å²) in [6.07, 6.45) is 69.9. The van der Waals surface area contributed by atoms with Gasteiger partial charge in [-0.05, 0) is 103 Å². The van der Waals surface area contributed by atoms with Gasteiger partial charge in [0.2, 0.25) is 0 Å². The molecule has 1 unspecified atom stereocenters. The van der Waals surface area contributed by atoms with Crippen LogP contribution in [0.4, 0.5) is 0 Å². The predicted molar refractivity (Wildman–Crippen MR) is 284 cm³/mol. The van der Waals surface area contributed by atoms with Crippen LogP contribution in [0.15, 0.2) is 85.1 Å². The van der Waals surface area contributed by atoms with Gasteiger partial charge in [0.1, 0.15) is 13.2 Å². The smallest absolute Gasteiger partial charge is 0.306 e. The molecule has 0 saturated carbocycles. The van der Waals surface area contributed by atoms with E-state index in [4.69, 9.17) is 14.2 Å². The maximum atomic E-state index is 12.8. The number of carbonyl (C=O) groups is 3. The molecule has 66 heavy (non-hydrogen) atoms.